The Labute approximate surface area is 143 Å². The third kappa shape index (κ3) is 3.61. The molecule has 2 aliphatic rings. The van der Waals surface area contributed by atoms with Gasteiger partial charge in [0.2, 0.25) is 5.91 Å². The number of hydrogen-bond donors (Lipinski definition) is 2. The zero-order valence-corrected chi connectivity index (χ0v) is 14.8. The first kappa shape index (κ1) is 17.0. The molecule has 0 saturated carbocycles. The molecule has 2 N–H and O–H groups in total. The highest BCUT2D eigenvalue weighted by Gasteiger charge is 2.38. The quantitative estimate of drug-likeness (QED) is 0.891. The lowest BCUT2D eigenvalue weighted by Crippen LogP contribution is -2.31. The topological polar surface area (TPSA) is 61.4 Å². The molecule has 0 spiro atoms. The van der Waals surface area contributed by atoms with E-state index in [4.69, 9.17) is 0 Å². The molecule has 1 aromatic carbocycles. The molecule has 0 aromatic heterocycles. The fourth-order valence-corrected chi connectivity index (χ4v) is 3.71. The Morgan fingerprint density at radius 1 is 1.25 bits per heavy atom. The lowest BCUT2D eigenvalue weighted by atomic mass is 10.0. The first-order chi connectivity index (χ1) is 11.4. The normalized spacial score (nSPS) is 22.8. The van der Waals surface area contributed by atoms with Crippen molar-refractivity contribution in [2.24, 2.45) is 17.8 Å². The molecule has 3 rings (SSSR count). The molecule has 2 aliphatic heterocycles. The minimum Gasteiger partial charge on any atom is -0.338 e. The maximum Gasteiger partial charge on any atom is 0.253 e. The highest BCUT2D eigenvalue weighted by molar-refractivity contribution is 5.96. The second-order valence-corrected chi connectivity index (χ2v) is 7.56. The monoisotopic (exact) mass is 329 g/mol. The van der Waals surface area contributed by atoms with Gasteiger partial charge >= 0.3 is 0 Å². The molecule has 2 atom stereocenters. The predicted octanol–water partition coefficient (Wildman–Crippen LogP) is 2.27. The van der Waals surface area contributed by atoms with Crippen LogP contribution >= 0.6 is 0 Å². The van der Waals surface area contributed by atoms with E-state index < -0.39 is 0 Å². The van der Waals surface area contributed by atoms with Crippen LogP contribution in [0.3, 0.4) is 0 Å². The Hall–Kier alpha value is -1.88. The van der Waals surface area contributed by atoms with Gasteiger partial charge in [-0.1, -0.05) is 13.8 Å². The minimum atomic E-state index is 0.0204. The Morgan fingerprint density at radius 2 is 1.92 bits per heavy atom. The number of nitrogens with zero attached hydrogens (tertiary/aromatic N) is 1. The molecule has 0 radical (unpaired) electrons. The highest BCUT2D eigenvalue weighted by atomic mass is 16.2. The third-order valence-electron chi connectivity index (χ3n) is 5.02. The summed E-state index contributed by atoms with van der Waals surface area (Å²) < 4.78 is 0. The Bertz CT molecular complexity index is 629. The standard InChI is InChI=1S/C19H27N3O2/c1-12(2)6-18(23)21-17-5-4-14(7-13(17)3)19(24)22-10-15-8-20-9-16(15)11-22/h4-5,7,12,15-16,20H,6,8-11H2,1-3H3,(H,21,23)/t15-,16+. The second-order valence-electron chi connectivity index (χ2n) is 7.56. The van der Waals surface area contributed by atoms with E-state index in [-0.39, 0.29) is 11.8 Å². The van der Waals surface area contributed by atoms with Crippen molar-refractivity contribution in [1.29, 1.82) is 0 Å². The average molecular weight is 329 g/mol. The zero-order valence-electron chi connectivity index (χ0n) is 14.8. The van der Waals surface area contributed by atoms with Gasteiger partial charge in [0.25, 0.3) is 5.91 Å². The van der Waals surface area contributed by atoms with Crippen LogP contribution in [0.2, 0.25) is 0 Å². The maximum absolute atomic E-state index is 12.7. The number of fused-ring (bicyclic) bond motifs is 1. The van der Waals surface area contributed by atoms with Crippen LogP contribution in [0.1, 0.15) is 36.2 Å². The molecule has 2 heterocycles. The first-order valence-corrected chi connectivity index (χ1v) is 8.84. The summed E-state index contributed by atoms with van der Waals surface area (Å²) >= 11 is 0. The molecule has 130 valence electrons. The van der Waals surface area contributed by atoms with Crippen molar-refractivity contribution >= 4 is 17.5 Å². The molecule has 0 unspecified atom stereocenters. The van der Waals surface area contributed by atoms with Crippen LogP contribution in [0, 0.1) is 24.7 Å². The lowest BCUT2D eigenvalue weighted by molar-refractivity contribution is -0.116. The zero-order chi connectivity index (χ0) is 17.3. The summed E-state index contributed by atoms with van der Waals surface area (Å²) in [7, 11) is 0. The van der Waals surface area contributed by atoms with Crippen LogP contribution in [0.4, 0.5) is 5.69 Å². The molecule has 0 bridgehead atoms. The summed E-state index contributed by atoms with van der Waals surface area (Å²) in [5, 5.41) is 6.33. The van der Waals surface area contributed by atoms with Crippen molar-refractivity contribution in [1.82, 2.24) is 10.2 Å². The Balaban J connectivity index is 1.66. The summed E-state index contributed by atoms with van der Waals surface area (Å²) in [5.74, 6) is 1.66. The largest absolute Gasteiger partial charge is 0.338 e. The first-order valence-electron chi connectivity index (χ1n) is 8.84. The van der Waals surface area contributed by atoms with E-state index in [0.29, 0.717) is 29.7 Å². The van der Waals surface area contributed by atoms with Crippen LogP contribution in [-0.2, 0) is 4.79 Å². The van der Waals surface area contributed by atoms with E-state index in [1.54, 1.807) is 0 Å². The highest BCUT2D eigenvalue weighted by Crippen LogP contribution is 2.28. The molecule has 5 heteroatoms. The fraction of sp³-hybridized carbons (Fsp3) is 0.579. The smallest absolute Gasteiger partial charge is 0.253 e. The molecule has 2 saturated heterocycles. The van der Waals surface area contributed by atoms with Crippen molar-refractivity contribution in [2.45, 2.75) is 27.2 Å². The van der Waals surface area contributed by atoms with E-state index in [9.17, 15) is 9.59 Å². The number of likely N-dealkylation sites (tertiary alicyclic amines) is 1. The number of rotatable bonds is 4. The van der Waals surface area contributed by atoms with Crippen molar-refractivity contribution in [2.75, 3.05) is 31.5 Å². The van der Waals surface area contributed by atoms with Gasteiger partial charge in [-0.05, 0) is 48.4 Å². The number of anilines is 1. The van der Waals surface area contributed by atoms with Gasteiger partial charge in [-0.2, -0.15) is 0 Å². The van der Waals surface area contributed by atoms with Gasteiger partial charge in [0, 0.05) is 43.9 Å². The van der Waals surface area contributed by atoms with Crippen molar-refractivity contribution in [3.8, 4) is 0 Å². The van der Waals surface area contributed by atoms with Crippen LogP contribution in [0.25, 0.3) is 0 Å². The van der Waals surface area contributed by atoms with E-state index in [1.165, 1.54) is 0 Å². The van der Waals surface area contributed by atoms with E-state index >= 15 is 0 Å². The number of carbonyl (C=O) groups excluding carboxylic acids is 2. The van der Waals surface area contributed by atoms with Gasteiger partial charge in [-0.3, -0.25) is 9.59 Å². The van der Waals surface area contributed by atoms with Crippen LogP contribution in [0.15, 0.2) is 18.2 Å². The third-order valence-corrected chi connectivity index (χ3v) is 5.02. The van der Waals surface area contributed by atoms with Gasteiger partial charge in [0.15, 0.2) is 0 Å². The van der Waals surface area contributed by atoms with Crippen LogP contribution in [0.5, 0.6) is 0 Å². The molecule has 2 amide bonds. The van der Waals surface area contributed by atoms with Gasteiger partial charge in [-0.15, -0.1) is 0 Å². The van der Waals surface area contributed by atoms with Gasteiger partial charge in [-0.25, -0.2) is 0 Å². The fourth-order valence-electron chi connectivity index (χ4n) is 3.71. The van der Waals surface area contributed by atoms with Crippen molar-refractivity contribution < 1.29 is 9.59 Å². The Kier molecular flexibility index (Phi) is 4.90. The van der Waals surface area contributed by atoms with Crippen LogP contribution in [-0.4, -0.2) is 42.9 Å². The maximum atomic E-state index is 12.7. The Morgan fingerprint density at radius 3 is 2.50 bits per heavy atom. The molecule has 2 fully saturated rings. The second kappa shape index (κ2) is 6.93. The number of nitrogens with one attached hydrogen (secondary N) is 2. The summed E-state index contributed by atoms with van der Waals surface area (Å²) in [4.78, 5) is 26.6. The number of benzene rings is 1. The van der Waals surface area contributed by atoms with E-state index in [1.807, 2.05) is 43.9 Å². The number of amides is 2. The molecular weight excluding hydrogens is 302 g/mol. The average Bonchev–Trinajstić information content (AvgIpc) is 3.09. The summed E-state index contributed by atoms with van der Waals surface area (Å²) in [6, 6.07) is 5.56. The van der Waals surface area contributed by atoms with Gasteiger partial charge in [0.05, 0.1) is 0 Å². The summed E-state index contributed by atoms with van der Waals surface area (Å²) in [6.45, 7) is 9.72. The molecule has 24 heavy (non-hydrogen) atoms. The minimum absolute atomic E-state index is 0.0204. The predicted molar refractivity (Wildman–Crippen MR) is 95.0 cm³/mol. The molecule has 1 aromatic rings. The molecular formula is C19H27N3O2. The van der Waals surface area contributed by atoms with Gasteiger partial charge < -0.3 is 15.5 Å². The van der Waals surface area contributed by atoms with Crippen molar-refractivity contribution in [3.63, 3.8) is 0 Å². The number of aryl methyl sites for hydroxylation is 1. The summed E-state index contributed by atoms with van der Waals surface area (Å²) in [5.41, 5.74) is 2.43. The summed E-state index contributed by atoms with van der Waals surface area (Å²) in [6.07, 6.45) is 0.505. The van der Waals surface area contributed by atoms with E-state index in [0.717, 1.165) is 37.4 Å². The molecule has 0 aliphatic carbocycles. The molecule has 5 nitrogen and oxygen atoms in total. The van der Waals surface area contributed by atoms with Crippen molar-refractivity contribution in [3.05, 3.63) is 29.3 Å². The number of carbonyl (C=O) groups is 2. The SMILES string of the molecule is Cc1cc(C(=O)N2C[C@H]3CNC[C@H]3C2)ccc1NC(=O)CC(C)C. The van der Waals surface area contributed by atoms with E-state index in [2.05, 4.69) is 10.6 Å². The van der Waals surface area contributed by atoms with Crippen LogP contribution < -0.4 is 10.6 Å². The number of hydrogen-bond acceptors (Lipinski definition) is 3. The van der Waals surface area contributed by atoms with Gasteiger partial charge in [0.1, 0.15) is 0 Å². The lowest BCUT2D eigenvalue weighted by Gasteiger charge is -2.18.